The Bertz CT molecular complexity index is 807. The largest absolute Gasteiger partial charge is 0.497 e. The van der Waals surface area contributed by atoms with Gasteiger partial charge in [-0.15, -0.1) is 0 Å². The molecule has 0 amide bonds. The number of morpholine rings is 1. The molecule has 150 valence electrons. The molecule has 0 aliphatic carbocycles. The summed E-state index contributed by atoms with van der Waals surface area (Å²) in [7, 11) is 3.10. The van der Waals surface area contributed by atoms with Gasteiger partial charge < -0.3 is 18.9 Å². The quantitative estimate of drug-likeness (QED) is 0.679. The number of methoxy groups -OCH3 is 2. The first kappa shape index (κ1) is 20.1. The topological polar surface area (TPSA) is 57.2 Å². The van der Waals surface area contributed by atoms with Crippen LogP contribution >= 0.6 is 0 Å². The van der Waals surface area contributed by atoms with Gasteiger partial charge in [0.05, 0.1) is 27.4 Å². The van der Waals surface area contributed by atoms with E-state index < -0.39 is 17.8 Å². The van der Waals surface area contributed by atoms with Crippen molar-refractivity contribution in [3.63, 3.8) is 0 Å². The van der Waals surface area contributed by atoms with Crippen molar-refractivity contribution in [1.82, 2.24) is 4.90 Å². The van der Waals surface area contributed by atoms with E-state index in [2.05, 4.69) is 0 Å². The van der Waals surface area contributed by atoms with Gasteiger partial charge >= 0.3 is 5.97 Å². The van der Waals surface area contributed by atoms with Gasteiger partial charge in [-0.25, -0.2) is 9.18 Å². The van der Waals surface area contributed by atoms with Gasteiger partial charge in [0.15, 0.2) is 0 Å². The van der Waals surface area contributed by atoms with Crippen molar-refractivity contribution in [2.75, 3.05) is 40.5 Å². The third-order valence-corrected chi connectivity index (χ3v) is 4.69. The van der Waals surface area contributed by atoms with Gasteiger partial charge in [0.1, 0.15) is 30.0 Å². The third kappa shape index (κ3) is 4.61. The molecule has 0 N–H and O–H groups in total. The highest BCUT2D eigenvalue weighted by Gasteiger charge is 2.32. The smallest absolute Gasteiger partial charge is 0.328 e. The lowest BCUT2D eigenvalue weighted by Gasteiger charge is -2.33. The van der Waals surface area contributed by atoms with Gasteiger partial charge in [0, 0.05) is 24.2 Å². The molecule has 1 saturated heterocycles. The minimum atomic E-state index is -0.832. The number of hydrogen-bond acceptors (Lipinski definition) is 6. The number of ether oxygens (including phenoxy) is 4. The van der Waals surface area contributed by atoms with E-state index in [9.17, 15) is 9.18 Å². The molecule has 0 saturated carbocycles. The Balaban J connectivity index is 1.81. The van der Waals surface area contributed by atoms with Crippen molar-refractivity contribution in [2.45, 2.75) is 12.6 Å². The van der Waals surface area contributed by atoms with Crippen LogP contribution in [0.1, 0.15) is 17.2 Å². The van der Waals surface area contributed by atoms with Gasteiger partial charge in [0.2, 0.25) is 0 Å². The number of carbonyl (C=O) groups is 1. The Morgan fingerprint density at radius 2 is 1.89 bits per heavy atom. The van der Waals surface area contributed by atoms with E-state index in [4.69, 9.17) is 18.9 Å². The fourth-order valence-electron chi connectivity index (χ4n) is 3.23. The van der Waals surface area contributed by atoms with Crippen molar-refractivity contribution < 1.29 is 28.1 Å². The molecule has 0 aromatic heterocycles. The molecule has 0 bridgehead atoms. The molecule has 7 heteroatoms. The predicted molar refractivity (Wildman–Crippen MR) is 101 cm³/mol. The number of carbonyl (C=O) groups excluding carboxylic acids is 1. The molecule has 1 fully saturated rings. The molecule has 0 radical (unpaired) electrons. The Kier molecular flexibility index (Phi) is 6.84. The van der Waals surface area contributed by atoms with Crippen LogP contribution < -0.4 is 9.47 Å². The van der Waals surface area contributed by atoms with E-state index in [1.54, 1.807) is 50.6 Å². The van der Waals surface area contributed by atoms with Crippen LogP contribution in [-0.2, 0) is 20.9 Å². The van der Waals surface area contributed by atoms with Crippen LogP contribution in [0.3, 0.4) is 0 Å². The summed E-state index contributed by atoms with van der Waals surface area (Å²) in [6.45, 7) is 2.02. The van der Waals surface area contributed by atoms with Crippen LogP contribution in [0.5, 0.6) is 11.5 Å². The molecule has 3 rings (SSSR count). The molecule has 28 heavy (non-hydrogen) atoms. The number of halogens is 1. The summed E-state index contributed by atoms with van der Waals surface area (Å²) >= 11 is 0. The molecule has 6 nitrogen and oxygen atoms in total. The number of benzene rings is 2. The highest BCUT2D eigenvalue weighted by atomic mass is 19.1. The zero-order valence-electron chi connectivity index (χ0n) is 16.0. The van der Waals surface area contributed by atoms with E-state index in [1.807, 2.05) is 4.90 Å². The lowest BCUT2D eigenvalue weighted by atomic mass is 10.0. The highest BCUT2D eigenvalue weighted by Crippen LogP contribution is 2.28. The van der Waals surface area contributed by atoms with Crippen molar-refractivity contribution in [3.05, 3.63) is 59.4 Å². The molecular weight excluding hydrogens is 365 g/mol. The summed E-state index contributed by atoms with van der Waals surface area (Å²) in [6.07, 6.45) is 0. The maximum absolute atomic E-state index is 14.4. The van der Waals surface area contributed by atoms with Crippen LogP contribution in [0, 0.1) is 5.82 Å². The summed E-state index contributed by atoms with van der Waals surface area (Å²) in [5.41, 5.74) is 0.969. The Hall–Kier alpha value is -2.64. The van der Waals surface area contributed by atoms with E-state index in [0.29, 0.717) is 48.9 Å². The average molecular weight is 389 g/mol. The zero-order chi connectivity index (χ0) is 19.9. The fourth-order valence-corrected chi connectivity index (χ4v) is 3.23. The minimum Gasteiger partial charge on any atom is -0.497 e. The van der Waals surface area contributed by atoms with Crippen LogP contribution in [0.25, 0.3) is 0 Å². The first-order valence-corrected chi connectivity index (χ1v) is 9.07. The maximum atomic E-state index is 14.4. The fraction of sp³-hybridized carbons (Fsp3) is 0.381. The van der Waals surface area contributed by atoms with E-state index in [-0.39, 0.29) is 6.61 Å². The summed E-state index contributed by atoms with van der Waals surface area (Å²) in [4.78, 5) is 14.9. The first-order valence-electron chi connectivity index (χ1n) is 9.07. The van der Waals surface area contributed by atoms with E-state index >= 15 is 0 Å². The van der Waals surface area contributed by atoms with Gasteiger partial charge in [0.25, 0.3) is 0 Å². The van der Waals surface area contributed by atoms with Gasteiger partial charge in [-0.05, 0) is 24.3 Å². The molecule has 1 aliphatic heterocycles. The Morgan fingerprint density at radius 1 is 1.14 bits per heavy atom. The molecule has 0 unspecified atom stereocenters. The van der Waals surface area contributed by atoms with E-state index in [0.717, 1.165) is 0 Å². The molecule has 2 aromatic carbocycles. The third-order valence-electron chi connectivity index (χ3n) is 4.69. The number of rotatable bonds is 7. The average Bonchev–Trinajstić information content (AvgIpc) is 2.74. The molecular formula is C21H24FNO5. The van der Waals surface area contributed by atoms with Crippen LogP contribution in [0.15, 0.2) is 42.5 Å². The van der Waals surface area contributed by atoms with Gasteiger partial charge in [-0.3, -0.25) is 4.90 Å². The monoisotopic (exact) mass is 389 g/mol. The SMILES string of the molecule is COc1ccc(OC)c(COC(=O)[C@@H](c2ccccc2F)N2CCOCC2)c1. The van der Waals surface area contributed by atoms with Crippen molar-refractivity contribution in [2.24, 2.45) is 0 Å². The molecule has 1 heterocycles. The maximum Gasteiger partial charge on any atom is 0.328 e. The number of nitrogens with zero attached hydrogens (tertiary/aromatic N) is 1. The summed E-state index contributed by atoms with van der Waals surface area (Å²) < 4.78 is 35.9. The normalized spacial score (nSPS) is 15.7. The zero-order valence-corrected chi connectivity index (χ0v) is 16.0. The van der Waals surface area contributed by atoms with E-state index in [1.165, 1.54) is 6.07 Å². The van der Waals surface area contributed by atoms with Crippen molar-refractivity contribution >= 4 is 5.97 Å². The molecule has 2 aromatic rings. The first-order chi connectivity index (χ1) is 13.6. The highest BCUT2D eigenvalue weighted by molar-refractivity contribution is 5.78. The number of esters is 1. The van der Waals surface area contributed by atoms with Crippen molar-refractivity contribution in [3.8, 4) is 11.5 Å². The van der Waals surface area contributed by atoms with Crippen molar-refractivity contribution in [1.29, 1.82) is 0 Å². The second kappa shape index (κ2) is 9.52. The standard InChI is InChI=1S/C21H24FNO5/c1-25-16-7-8-19(26-2)15(13-16)14-28-21(24)20(23-9-11-27-12-10-23)17-5-3-4-6-18(17)22/h3-8,13,20H,9-12,14H2,1-2H3/t20-/m1/s1. The van der Waals surface area contributed by atoms with Crippen LogP contribution in [-0.4, -0.2) is 51.4 Å². The lowest BCUT2D eigenvalue weighted by Crippen LogP contribution is -2.43. The lowest BCUT2D eigenvalue weighted by molar-refractivity contribution is -0.153. The second-order valence-electron chi connectivity index (χ2n) is 6.36. The van der Waals surface area contributed by atoms with Gasteiger partial charge in [-0.1, -0.05) is 18.2 Å². The number of hydrogen-bond donors (Lipinski definition) is 0. The summed E-state index contributed by atoms with van der Waals surface area (Å²) in [5, 5.41) is 0. The summed E-state index contributed by atoms with van der Waals surface area (Å²) in [5.74, 6) is 0.264. The summed E-state index contributed by atoms with van der Waals surface area (Å²) in [6, 6.07) is 10.7. The van der Waals surface area contributed by atoms with Gasteiger partial charge in [-0.2, -0.15) is 0 Å². The second-order valence-corrected chi connectivity index (χ2v) is 6.36. The molecule has 1 aliphatic rings. The molecule has 1 atom stereocenters. The predicted octanol–water partition coefficient (Wildman–Crippen LogP) is 2.96. The Labute approximate surface area is 163 Å². The molecule has 0 spiro atoms. The minimum absolute atomic E-state index is 0.00546. The van der Waals surface area contributed by atoms with Crippen LogP contribution in [0.2, 0.25) is 0 Å². The Morgan fingerprint density at radius 3 is 2.57 bits per heavy atom. The van der Waals surface area contributed by atoms with Crippen LogP contribution in [0.4, 0.5) is 4.39 Å².